The van der Waals surface area contributed by atoms with Crippen molar-refractivity contribution in [3.8, 4) is 0 Å². The standard InChI is InChI=1S/C12H12N2.ClH/c1-2-11-3-5-12(6-4-11)9-14-8-7-13-10-14;/h2-8,10H,1,9H2;1H. The zero-order chi connectivity index (χ0) is 9.80. The van der Waals surface area contributed by atoms with Crippen LogP contribution < -0.4 is 0 Å². The highest BCUT2D eigenvalue weighted by atomic mass is 35.5. The van der Waals surface area contributed by atoms with Gasteiger partial charge in [-0.2, -0.15) is 0 Å². The van der Waals surface area contributed by atoms with Gasteiger partial charge in [0, 0.05) is 18.9 Å². The molecule has 0 saturated carbocycles. The molecule has 0 bridgehead atoms. The van der Waals surface area contributed by atoms with Gasteiger partial charge in [-0.25, -0.2) is 4.98 Å². The fraction of sp³-hybridized carbons (Fsp3) is 0.0833. The number of hydrogen-bond donors (Lipinski definition) is 0. The van der Waals surface area contributed by atoms with E-state index in [4.69, 9.17) is 0 Å². The number of halogens is 1. The van der Waals surface area contributed by atoms with Crippen molar-refractivity contribution in [2.45, 2.75) is 6.54 Å². The van der Waals surface area contributed by atoms with Crippen molar-refractivity contribution in [1.82, 2.24) is 9.55 Å². The number of rotatable bonds is 3. The van der Waals surface area contributed by atoms with Crippen molar-refractivity contribution < 1.29 is 0 Å². The molecule has 1 heterocycles. The molecular weight excluding hydrogens is 208 g/mol. The van der Waals surface area contributed by atoms with E-state index in [0.717, 1.165) is 12.1 Å². The zero-order valence-electron chi connectivity index (χ0n) is 8.34. The Labute approximate surface area is 95.7 Å². The Balaban J connectivity index is 0.00000112. The van der Waals surface area contributed by atoms with Crippen LogP contribution in [0.25, 0.3) is 6.08 Å². The van der Waals surface area contributed by atoms with Gasteiger partial charge in [0.1, 0.15) is 0 Å². The highest BCUT2D eigenvalue weighted by Crippen LogP contribution is 2.06. The largest absolute Gasteiger partial charge is 0.333 e. The first-order valence-electron chi connectivity index (χ1n) is 4.55. The maximum Gasteiger partial charge on any atom is 0.0949 e. The van der Waals surface area contributed by atoms with Crippen LogP contribution in [0.2, 0.25) is 0 Å². The molecule has 0 aliphatic heterocycles. The van der Waals surface area contributed by atoms with Gasteiger partial charge in [0.15, 0.2) is 0 Å². The quantitative estimate of drug-likeness (QED) is 0.778. The third-order valence-electron chi connectivity index (χ3n) is 2.14. The topological polar surface area (TPSA) is 17.8 Å². The van der Waals surface area contributed by atoms with Crippen LogP contribution in [0.3, 0.4) is 0 Å². The summed E-state index contributed by atoms with van der Waals surface area (Å²) < 4.78 is 2.04. The van der Waals surface area contributed by atoms with Crippen molar-refractivity contribution in [2.75, 3.05) is 0 Å². The summed E-state index contributed by atoms with van der Waals surface area (Å²) in [4.78, 5) is 4.00. The summed E-state index contributed by atoms with van der Waals surface area (Å²) in [6, 6.07) is 8.35. The fourth-order valence-electron chi connectivity index (χ4n) is 1.35. The van der Waals surface area contributed by atoms with Crippen LogP contribution >= 0.6 is 12.4 Å². The summed E-state index contributed by atoms with van der Waals surface area (Å²) in [7, 11) is 0. The van der Waals surface area contributed by atoms with Crippen LogP contribution in [-0.4, -0.2) is 9.55 Å². The third kappa shape index (κ3) is 2.96. The van der Waals surface area contributed by atoms with Crippen LogP contribution in [0.4, 0.5) is 0 Å². The van der Waals surface area contributed by atoms with Gasteiger partial charge in [-0.3, -0.25) is 0 Å². The lowest BCUT2D eigenvalue weighted by Crippen LogP contribution is -1.95. The van der Waals surface area contributed by atoms with Crippen molar-refractivity contribution >= 4 is 18.5 Å². The van der Waals surface area contributed by atoms with Gasteiger partial charge in [-0.15, -0.1) is 12.4 Å². The molecule has 0 saturated heterocycles. The third-order valence-corrected chi connectivity index (χ3v) is 2.14. The molecule has 3 heteroatoms. The average molecular weight is 221 g/mol. The first-order valence-corrected chi connectivity index (χ1v) is 4.55. The van der Waals surface area contributed by atoms with Gasteiger partial charge < -0.3 is 4.57 Å². The summed E-state index contributed by atoms with van der Waals surface area (Å²) in [5.41, 5.74) is 2.42. The highest BCUT2D eigenvalue weighted by molar-refractivity contribution is 5.85. The molecule has 2 rings (SSSR count). The highest BCUT2D eigenvalue weighted by Gasteiger charge is 1.93. The molecule has 0 atom stereocenters. The molecule has 0 unspecified atom stereocenters. The van der Waals surface area contributed by atoms with Gasteiger partial charge in [0.2, 0.25) is 0 Å². The van der Waals surface area contributed by atoms with Gasteiger partial charge in [0.25, 0.3) is 0 Å². The van der Waals surface area contributed by atoms with Crippen molar-refractivity contribution in [3.05, 3.63) is 60.7 Å². The average Bonchev–Trinajstić information content (AvgIpc) is 2.72. The first-order chi connectivity index (χ1) is 6.88. The summed E-state index contributed by atoms with van der Waals surface area (Å²) in [5, 5.41) is 0. The molecule has 0 aliphatic carbocycles. The molecule has 0 aliphatic rings. The number of imidazole rings is 1. The van der Waals surface area contributed by atoms with Gasteiger partial charge in [-0.05, 0) is 11.1 Å². The smallest absolute Gasteiger partial charge is 0.0949 e. The molecule has 2 aromatic rings. The number of aromatic nitrogens is 2. The van der Waals surface area contributed by atoms with Crippen molar-refractivity contribution in [2.24, 2.45) is 0 Å². The lowest BCUT2D eigenvalue weighted by atomic mass is 10.1. The Hall–Kier alpha value is -1.54. The fourth-order valence-corrected chi connectivity index (χ4v) is 1.35. The molecule has 0 N–H and O–H groups in total. The number of hydrogen-bond acceptors (Lipinski definition) is 1. The number of nitrogens with zero attached hydrogens (tertiary/aromatic N) is 2. The van der Waals surface area contributed by atoms with E-state index in [1.54, 1.807) is 6.20 Å². The number of benzene rings is 1. The predicted molar refractivity (Wildman–Crippen MR) is 65.1 cm³/mol. The molecule has 15 heavy (non-hydrogen) atoms. The minimum atomic E-state index is 0. The van der Waals surface area contributed by atoms with E-state index in [0.29, 0.717) is 0 Å². The van der Waals surface area contributed by atoms with E-state index >= 15 is 0 Å². The molecular formula is C12H13ClN2. The minimum Gasteiger partial charge on any atom is -0.333 e. The Morgan fingerprint density at radius 2 is 2.00 bits per heavy atom. The Morgan fingerprint density at radius 3 is 2.53 bits per heavy atom. The van der Waals surface area contributed by atoms with E-state index < -0.39 is 0 Å². The first kappa shape index (κ1) is 11.5. The van der Waals surface area contributed by atoms with Crippen LogP contribution in [0.1, 0.15) is 11.1 Å². The maximum absolute atomic E-state index is 4.00. The second-order valence-electron chi connectivity index (χ2n) is 3.18. The Kier molecular flexibility index (Phi) is 4.13. The lowest BCUT2D eigenvalue weighted by Gasteiger charge is -2.02. The van der Waals surface area contributed by atoms with Gasteiger partial charge in [-0.1, -0.05) is 36.9 Å². The summed E-state index contributed by atoms with van der Waals surface area (Å²) in [6.07, 6.45) is 7.42. The van der Waals surface area contributed by atoms with Crippen LogP contribution in [0.5, 0.6) is 0 Å². The molecule has 1 aromatic heterocycles. The Bertz CT molecular complexity index is 404. The summed E-state index contributed by atoms with van der Waals surface area (Å²) >= 11 is 0. The van der Waals surface area contributed by atoms with E-state index in [9.17, 15) is 0 Å². The van der Waals surface area contributed by atoms with Crippen molar-refractivity contribution in [3.63, 3.8) is 0 Å². The van der Waals surface area contributed by atoms with Gasteiger partial charge >= 0.3 is 0 Å². The van der Waals surface area contributed by atoms with E-state index in [-0.39, 0.29) is 12.4 Å². The second-order valence-corrected chi connectivity index (χ2v) is 3.18. The lowest BCUT2D eigenvalue weighted by molar-refractivity contribution is 0.797. The summed E-state index contributed by atoms with van der Waals surface area (Å²) in [5.74, 6) is 0. The van der Waals surface area contributed by atoms with E-state index in [2.05, 4.69) is 35.8 Å². The molecule has 2 nitrogen and oxygen atoms in total. The monoisotopic (exact) mass is 220 g/mol. The van der Waals surface area contributed by atoms with E-state index in [1.165, 1.54) is 5.56 Å². The SMILES string of the molecule is C=Cc1ccc(Cn2ccnc2)cc1.Cl. The molecule has 78 valence electrons. The van der Waals surface area contributed by atoms with Crippen LogP contribution in [0.15, 0.2) is 49.6 Å². The van der Waals surface area contributed by atoms with Gasteiger partial charge in [0.05, 0.1) is 6.33 Å². The van der Waals surface area contributed by atoms with Crippen LogP contribution in [-0.2, 0) is 6.54 Å². The van der Waals surface area contributed by atoms with Crippen molar-refractivity contribution in [1.29, 1.82) is 0 Å². The Morgan fingerprint density at radius 1 is 1.27 bits per heavy atom. The van der Waals surface area contributed by atoms with Crippen LogP contribution in [0, 0.1) is 0 Å². The summed E-state index contributed by atoms with van der Waals surface area (Å²) in [6.45, 7) is 4.59. The molecule has 0 fully saturated rings. The minimum absolute atomic E-state index is 0. The normalized spacial score (nSPS) is 9.33. The molecule has 0 radical (unpaired) electrons. The maximum atomic E-state index is 4.00. The molecule has 0 spiro atoms. The second kappa shape index (κ2) is 5.37. The van der Waals surface area contributed by atoms with E-state index in [1.807, 2.05) is 23.2 Å². The predicted octanol–water partition coefficient (Wildman–Crippen LogP) is 3.00. The zero-order valence-corrected chi connectivity index (χ0v) is 9.15. The molecule has 0 amide bonds. The molecule has 1 aromatic carbocycles.